The number of benzene rings is 1. The third-order valence-electron chi connectivity index (χ3n) is 5.31. The second-order valence-electron chi connectivity index (χ2n) is 7.36. The summed E-state index contributed by atoms with van der Waals surface area (Å²) in [5.74, 6) is 1.00. The van der Waals surface area contributed by atoms with Crippen molar-refractivity contribution < 1.29 is 0 Å². The first kappa shape index (κ1) is 18.3. The summed E-state index contributed by atoms with van der Waals surface area (Å²) in [6.45, 7) is 4.20. The van der Waals surface area contributed by atoms with Crippen molar-refractivity contribution in [3.63, 3.8) is 0 Å². The van der Waals surface area contributed by atoms with Gasteiger partial charge in [0.15, 0.2) is 11.5 Å². The van der Waals surface area contributed by atoms with Gasteiger partial charge in [-0.25, -0.2) is 14.6 Å². The Kier molecular flexibility index (Phi) is 4.64. The minimum atomic E-state index is -0.251. The zero-order chi connectivity index (χ0) is 20.5. The van der Waals surface area contributed by atoms with E-state index in [4.69, 9.17) is 0 Å². The first-order valence-corrected chi connectivity index (χ1v) is 9.87. The van der Waals surface area contributed by atoms with Crippen LogP contribution < -0.4 is 15.8 Å². The molecular weight excluding hydrogens is 380 g/mol. The Morgan fingerprint density at radius 1 is 1.00 bits per heavy atom. The molecule has 0 unspecified atom stereocenters. The van der Waals surface area contributed by atoms with Crippen molar-refractivity contribution in [2.24, 2.45) is 0 Å². The van der Waals surface area contributed by atoms with E-state index in [9.17, 15) is 4.79 Å². The number of piperazine rings is 1. The van der Waals surface area contributed by atoms with E-state index in [1.807, 2.05) is 30.3 Å². The Bertz CT molecular complexity index is 1210. The highest BCUT2D eigenvalue weighted by atomic mass is 16.1. The van der Waals surface area contributed by atoms with Gasteiger partial charge in [0, 0.05) is 49.9 Å². The van der Waals surface area contributed by atoms with Gasteiger partial charge >= 0.3 is 0 Å². The molecule has 1 saturated heterocycles. The average molecular weight is 402 g/mol. The van der Waals surface area contributed by atoms with Crippen molar-refractivity contribution in [3.8, 4) is 5.82 Å². The predicted octanol–water partition coefficient (Wildman–Crippen LogP) is 2.00. The van der Waals surface area contributed by atoms with E-state index in [-0.39, 0.29) is 5.56 Å². The van der Waals surface area contributed by atoms with Crippen molar-refractivity contribution >= 4 is 28.4 Å². The summed E-state index contributed by atoms with van der Waals surface area (Å²) >= 11 is 0. The molecule has 9 nitrogen and oxygen atoms in total. The van der Waals surface area contributed by atoms with Gasteiger partial charge in [-0.1, -0.05) is 6.07 Å². The zero-order valence-electron chi connectivity index (χ0n) is 16.6. The number of fused-ring (bicyclic) bond motifs is 1. The fourth-order valence-electron chi connectivity index (χ4n) is 3.58. The number of rotatable bonds is 4. The smallest absolute Gasteiger partial charge is 0.275 e. The maximum atomic E-state index is 12.2. The van der Waals surface area contributed by atoms with Crippen LogP contribution in [0.5, 0.6) is 0 Å². The molecule has 0 spiro atoms. The number of likely N-dealkylation sites (N-methyl/N-ethyl adjacent to an activating group) is 1. The lowest BCUT2D eigenvalue weighted by Gasteiger charge is -2.34. The summed E-state index contributed by atoms with van der Waals surface area (Å²) in [5, 5.41) is 6.40. The molecule has 5 rings (SSSR count). The van der Waals surface area contributed by atoms with Crippen LogP contribution in [0.4, 0.5) is 17.3 Å². The number of H-pyrrole nitrogens is 1. The fourth-order valence-corrected chi connectivity index (χ4v) is 3.58. The Balaban J connectivity index is 1.40. The molecule has 1 aromatic carbocycles. The summed E-state index contributed by atoms with van der Waals surface area (Å²) in [5.41, 5.74) is 2.32. The number of anilines is 3. The number of aromatic amines is 1. The highest BCUT2D eigenvalue weighted by Crippen LogP contribution is 2.21. The minimum Gasteiger partial charge on any atom is -0.369 e. The SMILES string of the molecule is CN1CCN(c2ccc(Nc3ncc4c(=O)[nH]n(-c5ccccn5)c4n3)cc2)CC1. The highest BCUT2D eigenvalue weighted by Gasteiger charge is 2.15. The van der Waals surface area contributed by atoms with Gasteiger partial charge in [-0.15, -0.1) is 0 Å². The van der Waals surface area contributed by atoms with E-state index >= 15 is 0 Å². The molecule has 0 radical (unpaired) electrons. The third kappa shape index (κ3) is 3.50. The zero-order valence-corrected chi connectivity index (χ0v) is 16.6. The molecule has 9 heteroatoms. The molecule has 0 bridgehead atoms. The van der Waals surface area contributed by atoms with E-state index < -0.39 is 0 Å². The monoisotopic (exact) mass is 402 g/mol. The van der Waals surface area contributed by atoms with E-state index in [0.29, 0.717) is 22.8 Å². The average Bonchev–Trinajstić information content (AvgIpc) is 3.11. The number of hydrogen-bond acceptors (Lipinski definition) is 7. The van der Waals surface area contributed by atoms with Crippen LogP contribution >= 0.6 is 0 Å². The second kappa shape index (κ2) is 7.60. The summed E-state index contributed by atoms with van der Waals surface area (Å²) in [6, 6.07) is 13.7. The van der Waals surface area contributed by atoms with E-state index in [0.717, 1.165) is 31.9 Å². The van der Waals surface area contributed by atoms with E-state index in [1.54, 1.807) is 10.9 Å². The van der Waals surface area contributed by atoms with Gasteiger partial charge < -0.3 is 15.1 Å². The van der Waals surface area contributed by atoms with Gasteiger partial charge in [-0.05, 0) is 43.4 Å². The molecule has 3 aromatic heterocycles. The molecule has 4 heterocycles. The van der Waals surface area contributed by atoms with Gasteiger partial charge in [0.1, 0.15) is 5.39 Å². The lowest BCUT2D eigenvalue weighted by molar-refractivity contribution is 0.313. The second-order valence-corrected chi connectivity index (χ2v) is 7.36. The molecule has 0 aliphatic carbocycles. The summed E-state index contributed by atoms with van der Waals surface area (Å²) in [6.07, 6.45) is 3.20. The van der Waals surface area contributed by atoms with Crippen molar-refractivity contribution in [3.05, 3.63) is 65.2 Å². The number of nitrogens with zero attached hydrogens (tertiary/aromatic N) is 6. The van der Waals surface area contributed by atoms with Crippen molar-refractivity contribution in [2.75, 3.05) is 43.4 Å². The lowest BCUT2D eigenvalue weighted by atomic mass is 10.2. The molecule has 30 heavy (non-hydrogen) atoms. The Morgan fingerprint density at radius 2 is 1.80 bits per heavy atom. The van der Waals surface area contributed by atoms with Gasteiger partial charge in [-0.3, -0.25) is 9.89 Å². The summed E-state index contributed by atoms with van der Waals surface area (Å²) in [7, 11) is 2.15. The molecule has 152 valence electrons. The van der Waals surface area contributed by atoms with Crippen molar-refractivity contribution in [1.29, 1.82) is 0 Å². The summed E-state index contributed by atoms with van der Waals surface area (Å²) in [4.78, 5) is 30.1. The van der Waals surface area contributed by atoms with Crippen LogP contribution in [0.3, 0.4) is 0 Å². The summed E-state index contributed by atoms with van der Waals surface area (Å²) < 4.78 is 1.57. The Labute approximate surface area is 173 Å². The standard InChI is InChI=1S/C21H22N8O/c1-27-10-12-28(13-11-27)16-7-5-15(6-8-16)24-21-23-14-17-19(25-21)29(26-20(17)30)18-4-2-3-9-22-18/h2-9,14H,10-13H2,1H3,(H,26,30)(H,23,24,25). The van der Waals surface area contributed by atoms with Gasteiger partial charge in [-0.2, -0.15) is 4.98 Å². The first-order valence-electron chi connectivity index (χ1n) is 9.87. The maximum absolute atomic E-state index is 12.2. The normalized spacial score (nSPS) is 14.9. The molecule has 2 N–H and O–H groups in total. The first-order chi connectivity index (χ1) is 14.7. The predicted molar refractivity (Wildman–Crippen MR) is 117 cm³/mol. The van der Waals surface area contributed by atoms with Crippen molar-refractivity contribution in [2.45, 2.75) is 0 Å². The Hall–Kier alpha value is -3.72. The molecule has 0 saturated carbocycles. The topological polar surface area (TPSA) is 95.0 Å². The van der Waals surface area contributed by atoms with Crippen LogP contribution in [0.2, 0.25) is 0 Å². The van der Waals surface area contributed by atoms with Crippen LogP contribution in [-0.4, -0.2) is 62.9 Å². The largest absolute Gasteiger partial charge is 0.369 e. The van der Waals surface area contributed by atoms with Crippen LogP contribution in [0.25, 0.3) is 16.9 Å². The number of hydrogen-bond donors (Lipinski definition) is 2. The third-order valence-corrected chi connectivity index (χ3v) is 5.31. The van der Waals surface area contributed by atoms with Gasteiger partial charge in [0.05, 0.1) is 0 Å². The number of aromatic nitrogens is 5. The van der Waals surface area contributed by atoms with Crippen LogP contribution in [0.1, 0.15) is 0 Å². The highest BCUT2D eigenvalue weighted by molar-refractivity contribution is 5.76. The molecule has 0 amide bonds. The fraction of sp³-hybridized carbons (Fsp3) is 0.238. The number of nitrogens with one attached hydrogen (secondary N) is 2. The lowest BCUT2D eigenvalue weighted by Crippen LogP contribution is -2.44. The maximum Gasteiger partial charge on any atom is 0.275 e. The molecule has 1 aliphatic rings. The molecule has 1 aliphatic heterocycles. The molecule has 0 atom stereocenters. The van der Waals surface area contributed by atoms with Gasteiger partial charge in [0.2, 0.25) is 5.95 Å². The minimum absolute atomic E-state index is 0.251. The molecule has 1 fully saturated rings. The van der Waals surface area contributed by atoms with Gasteiger partial charge in [0.25, 0.3) is 5.56 Å². The van der Waals surface area contributed by atoms with Crippen molar-refractivity contribution in [1.82, 2.24) is 29.6 Å². The number of pyridine rings is 1. The molecular formula is C21H22N8O. The molecule has 4 aromatic rings. The van der Waals surface area contributed by atoms with Crippen LogP contribution in [-0.2, 0) is 0 Å². The Morgan fingerprint density at radius 3 is 2.53 bits per heavy atom. The van der Waals surface area contributed by atoms with Crippen LogP contribution in [0, 0.1) is 0 Å². The van der Waals surface area contributed by atoms with Crippen LogP contribution in [0.15, 0.2) is 59.7 Å². The van der Waals surface area contributed by atoms with E-state index in [2.05, 4.69) is 54.3 Å². The quantitative estimate of drug-likeness (QED) is 0.539. The van der Waals surface area contributed by atoms with E-state index in [1.165, 1.54) is 11.9 Å².